The van der Waals surface area contributed by atoms with E-state index in [0.717, 1.165) is 32.7 Å². The average molecular weight is 276 g/mol. The quantitative estimate of drug-likeness (QED) is 0.738. The van der Waals surface area contributed by atoms with Crippen LogP contribution in [0.3, 0.4) is 0 Å². The summed E-state index contributed by atoms with van der Waals surface area (Å²) >= 11 is 0. The van der Waals surface area contributed by atoms with E-state index >= 15 is 0 Å². The molecule has 0 atom stereocenters. The molecular formula is C17H28N2O. The third-order valence-corrected chi connectivity index (χ3v) is 3.96. The van der Waals surface area contributed by atoms with Gasteiger partial charge in [-0.15, -0.1) is 0 Å². The number of hydrogen-bond donors (Lipinski definition) is 1. The van der Waals surface area contributed by atoms with Crippen LogP contribution in [0.4, 0.5) is 0 Å². The Morgan fingerprint density at radius 1 is 1.05 bits per heavy atom. The highest BCUT2D eigenvalue weighted by Gasteiger charge is 2.08. The zero-order valence-corrected chi connectivity index (χ0v) is 12.7. The van der Waals surface area contributed by atoms with Crippen molar-refractivity contribution in [1.82, 2.24) is 10.2 Å². The molecule has 0 bridgehead atoms. The van der Waals surface area contributed by atoms with Crippen LogP contribution < -0.4 is 5.32 Å². The van der Waals surface area contributed by atoms with Gasteiger partial charge in [0.25, 0.3) is 0 Å². The Labute approximate surface area is 123 Å². The molecule has 0 aromatic heterocycles. The van der Waals surface area contributed by atoms with Crippen LogP contribution in [-0.4, -0.2) is 44.7 Å². The molecule has 1 saturated heterocycles. The van der Waals surface area contributed by atoms with Crippen LogP contribution >= 0.6 is 0 Å². The summed E-state index contributed by atoms with van der Waals surface area (Å²) in [5, 5.41) is 3.17. The normalized spacial score (nSPS) is 16.4. The molecule has 1 aliphatic rings. The molecule has 1 aliphatic heterocycles. The van der Waals surface area contributed by atoms with Crippen molar-refractivity contribution in [3.05, 3.63) is 35.4 Å². The van der Waals surface area contributed by atoms with Crippen molar-refractivity contribution < 1.29 is 4.74 Å². The minimum atomic E-state index is 0.736. The maximum absolute atomic E-state index is 5.79. The van der Waals surface area contributed by atoms with E-state index in [9.17, 15) is 0 Å². The first-order valence-electron chi connectivity index (χ1n) is 7.91. The second-order valence-corrected chi connectivity index (χ2v) is 5.62. The zero-order valence-electron chi connectivity index (χ0n) is 12.7. The lowest BCUT2D eigenvalue weighted by molar-refractivity contribution is 0.0863. The summed E-state index contributed by atoms with van der Waals surface area (Å²) in [6.45, 7) is 6.21. The molecule has 112 valence electrons. The minimum absolute atomic E-state index is 0.736. The van der Waals surface area contributed by atoms with Gasteiger partial charge in [0.05, 0.1) is 13.2 Å². The molecule has 0 amide bonds. The molecular weight excluding hydrogens is 248 g/mol. The summed E-state index contributed by atoms with van der Waals surface area (Å²) in [6.07, 6.45) is 5.20. The van der Waals surface area contributed by atoms with Crippen molar-refractivity contribution in [3.8, 4) is 0 Å². The van der Waals surface area contributed by atoms with E-state index in [1.807, 2.05) is 7.05 Å². The van der Waals surface area contributed by atoms with Gasteiger partial charge in [-0.25, -0.2) is 0 Å². The molecule has 20 heavy (non-hydrogen) atoms. The number of nitrogens with zero attached hydrogens (tertiary/aromatic N) is 1. The molecule has 0 saturated carbocycles. The number of nitrogens with one attached hydrogen (secondary N) is 1. The summed E-state index contributed by atoms with van der Waals surface area (Å²) in [7, 11) is 1.99. The highest BCUT2D eigenvalue weighted by atomic mass is 16.5. The molecule has 3 heteroatoms. The third kappa shape index (κ3) is 5.61. The van der Waals surface area contributed by atoms with E-state index in [4.69, 9.17) is 4.74 Å². The smallest absolute Gasteiger partial charge is 0.0717 e. The summed E-state index contributed by atoms with van der Waals surface area (Å²) < 4.78 is 5.79. The predicted molar refractivity (Wildman–Crippen MR) is 84.0 cm³/mol. The molecule has 1 fully saturated rings. The third-order valence-electron chi connectivity index (χ3n) is 3.96. The van der Waals surface area contributed by atoms with Gasteiger partial charge >= 0.3 is 0 Å². The SMILES string of the molecule is CNCCc1ccc(COCCN2CCCCC2)cc1. The van der Waals surface area contributed by atoms with E-state index in [1.165, 1.54) is 43.5 Å². The van der Waals surface area contributed by atoms with Crippen molar-refractivity contribution in [2.24, 2.45) is 0 Å². The zero-order chi connectivity index (χ0) is 14.0. The van der Waals surface area contributed by atoms with Gasteiger partial charge in [-0.1, -0.05) is 30.7 Å². The Hall–Kier alpha value is -0.900. The second kappa shape index (κ2) is 9.11. The van der Waals surface area contributed by atoms with Crippen molar-refractivity contribution in [3.63, 3.8) is 0 Å². The molecule has 0 unspecified atom stereocenters. The number of likely N-dealkylation sites (N-methyl/N-ethyl adjacent to an activating group) is 1. The van der Waals surface area contributed by atoms with Crippen LogP contribution in [0.2, 0.25) is 0 Å². The van der Waals surface area contributed by atoms with Crippen LogP contribution in [0, 0.1) is 0 Å². The fourth-order valence-electron chi connectivity index (χ4n) is 2.64. The Bertz CT molecular complexity index is 358. The van der Waals surface area contributed by atoms with Crippen LogP contribution in [-0.2, 0) is 17.8 Å². The van der Waals surface area contributed by atoms with E-state index in [1.54, 1.807) is 0 Å². The maximum atomic E-state index is 5.79. The first kappa shape index (κ1) is 15.5. The van der Waals surface area contributed by atoms with Crippen LogP contribution in [0.25, 0.3) is 0 Å². The number of ether oxygens (including phenoxy) is 1. The standard InChI is InChI=1S/C17H28N2O/c1-18-10-9-16-5-7-17(8-6-16)15-20-14-13-19-11-3-2-4-12-19/h5-8,18H,2-4,9-15H2,1H3. The lowest BCUT2D eigenvalue weighted by atomic mass is 10.1. The fourth-order valence-corrected chi connectivity index (χ4v) is 2.64. The number of rotatable bonds is 8. The van der Waals surface area contributed by atoms with E-state index in [0.29, 0.717) is 0 Å². The summed E-state index contributed by atoms with van der Waals surface area (Å²) in [5.74, 6) is 0. The van der Waals surface area contributed by atoms with Gasteiger partial charge in [-0.3, -0.25) is 0 Å². The lowest BCUT2D eigenvalue weighted by Crippen LogP contribution is -2.32. The Morgan fingerprint density at radius 2 is 1.75 bits per heavy atom. The van der Waals surface area contributed by atoms with Gasteiger partial charge in [-0.2, -0.15) is 0 Å². The maximum Gasteiger partial charge on any atom is 0.0717 e. The second-order valence-electron chi connectivity index (χ2n) is 5.62. The Kier molecular flexibility index (Phi) is 7.06. The predicted octanol–water partition coefficient (Wildman–Crippen LogP) is 2.45. The van der Waals surface area contributed by atoms with Gasteiger partial charge in [0.15, 0.2) is 0 Å². The van der Waals surface area contributed by atoms with Crippen LogP contribution in [0.5, 0.6) is 0 Å². The number of hydrogen-bond acceptors (Lipinski definition) is 3. The summed E-state index contributed by atoms with van der Waals surface area (Å²) in [4.78, 5) is 2.52. The molecule has 1 heterocycles. The van der Waals surface area contributed by atoms with E-state index in [2.05, 4.69) is 34.5 Å². The van der Waals surface area contributed by atoms with Gasteiger partial charge in [0, 0.05) is 6.54 Å². The van der Waals surface area contributed by atoms with E-state index < -0.39 is 0 Å². The summed E-state index contributed by atoms with van der Waals surface area (Å²) in [5.41, 5.74) is 2.66. The molecule has 1 N–H and O–H groups in total. The van der Waals surface area contributed by atoms with Gasteiger partial charge in [0.2, 0.25) is 0 Å². The Morgan fingerprint density at radius 3 is 2.45 bits per heavy atom. The molecule has 2 rings (SSSR count). The number of likely N-dealkylation sites (tertiary alicyclic amines) is 1. The molecule has 1 aromatic rings. The van der Waals surface area contributed by atoms with Crippen LogP contribution in [0.15, 0.2) is 24.3 Å². The number of benzene rings is 1. The van der Waals surface area contributed by atoms with Crippen molar-refractivity contribution in [2.75, 3.05) is 39.8 Å². The summed E-state index contributed by atoms with van der Waals surface area (Å²) in [6, 6.07) is 8.79. The van der Waals surface area contributed by atoms with Crippen molar-refractivity contribution in [1.29, 1.82) is 0 Å². The fraction of sp³-hybridized carbons (Fsp3) is 0.647. The monoisotopic (exact) mass is 276 g/mol. The molecule has 3 nitrogen and oxygen atoms in total. The molecule has 1 aromatic carbocycles. The first-order chi connectivity index (χ1) is 9.88. The molecule has 0 aliphatic carbocycles. The average Bonchev–Trinajstić information content (AvgIpc) is 2.52. The highest BCUT2D eigenvalue weighted by Crippen LogP contribution is 2.09. The highest BCUT2D eigenvalue weighted by molar-refractivity contribution is 5.22. The number of piperidine rings is 1. The largest absolute Gasteiger partial charge is 0.375 e. The van der Waals surface area contributed by atoms with Gasteiger partial charge in [0.1, 0.15) is 0 Å². The molecule has 0 spiro atoms. The van der Waals surface area contributed by atoms with Crippen molar-refractivity contribution >= 4 is 0 Å². The lowest BCUT2D eigenvalue weighted by Gasteiger charge is -2.26. The first-order valence-corrected chi connectivity index (χ1v) is 7.91. The van der Waals surface area contributed by atoms with Crippen LogP contribution in [0.1, 0.15) is 30.4 Å². The van der Waals surface area contributed by atoms with Crippen molar-refractivity contribution in [2.45, 2.75) is 32.3 Å². The topological polar surface area (TPSA) is 24.5 Å². The van der Waals surface area contributed by atoms with Gasteiger partial charge in [-0.05, 0) is 57.1 Å². The Balaban J connectivity index is 1.61. The van der Waals surface area contributed by atoms with E-state index in [-0.39, 0.29) is 0 Å². The van der Waals surface area contributed by atoms with Gasteiger partial charge < -0.3 is 15.0 Å². The minimum Gasteiger partial charge on any atom is -0.375 e. The molecule has 0 radical (unpaired) electrons.